The molecule has 0 atom stereocenters. The van der Waals surface area contributed by atoms with Gasteiger partial charge in [-0.3, -0.25) is 0 Å². The molecule has 0 saturated carbocycles. The van der Waals surface area contributed by atoms with Gasteiger partial charge in [-0.25, -0.2) is 9.37 Å². The maximum Gasteiger partial charge on any atom is 0.142 e. The van der Waals surface area contributed by atoms with Gasteiger partial charge in [0.25, 0.3) is 0 Å². The Labute approximate surface area is 127 Å². The summed E-state index contributed by atoms with van der Waals surface area (Å²) in [7, 11) is 0. The molecular formula is C16H15ClFN3. The number of halogens is 2. The monoisotopic (exact) mass is 303 g/mol. The lowest BCUT2D eigenvalue weighted by molar-refractivity contribution is 0.627. The normalized spacial score (nSPS) is 11.2. The summed E-state index contributed by atoms with van der Waals surface area (Å²) in [5.41, 5.74) is 8.68. The number of rotatable bonds is 3. The van der Waals surface area contributed by atoms with E-state index in [0.29, 0.717) is 10.7 Å². The molecule has 2 N–H and O–H groups in total. The number of aromatic nitrogens is 2. The molecule has 0 aliphatic carbocycles. The largest absolute Gasteiger partial charge is 0.399 e. The molecule has 0 fully saturated rings. The fourth-order valence-electron chi connectivity index (χ4n) is 2.46. The molecule has 0 saturated heterocycles. The number of hydrogen-bond donors (Lipinski definition) is 1. The third-order valence-corrected chi connectivity index (χ3v) is 3.70. The van der Waals surface area contributed by atoms with Crippen molar-refractivity contribution in [3.8, 4) is 11.4 Å². The van der Waals surface area contributed by atoms with E-state index in [1.165, 1.54) is 12.1 Å². The molecule has 2 aromatic carbocycles. The van der Waals surface area contributed by atoms with E-state index in [1.807, 2.05) is 10.6 Å². The lowest BCUT2D eigenvalue weighted by atomic mass is 10.2. The van der Waals surface area contributed by atoms with Gasteiger partial charge in [-0.05, 0) is 42.8 Å². The molecule has 0 spiro atoms. The van der Waals surface area contributed by atoms with Crippen LogP contribution in [-0.4, -0.2) is 9.55 Å². The highest BCUT2D eigenvalue weighted by Crippen LogP contribution is 2.32. The Kier molecular flexibility index (Phi) is 3.55. The minimum absolute atomic E-state index is 0.269. The van der Waals surface area contributed by atoms with Gasteiger partial charge in [-0.15, -0.1) is 0 Å². The number of nitrogens with two attached hydrogens (primary N) is 1. The second kappa shape index (κ2) is 5.37. The van der Waals surface area contributed by atoms with Crippen molar-refractivity contribution in [2.75, 3.05) is 5.73 Å². The number of aryl methyl sites for hydroxylation is 1. The van der Waals surface area contributed by atoms with E-state index in [9.17, 15) is 4.39 Å². The molecule has 3 nitrogen and oxygen atoms in total. The molecule has 0 aliphatic heterocycles. The van der Waals surface area contributed by atoms with Crippen LogP contribution in [0, 0.1) is 5.82 Å². The lowest BCUT2D eigenvalue weighted by Crippen LogP contribution is -2.00. The third kappa shape index (κ3) is 2.47. The first kappa shape index (κ1) is 13.9. The second-order valence-electron chi connectivity index (χ2n) is 4.96. The van der Waals surface area contributed by atoms with Crippen LogP contribution in [0.1, 0.15) is 13.3 Å². The fourth-order valence-corrected chi connectivity index (χ4v) is 2.74. The summed E-state index contributed by atoms with van der Waals surface area (Å²) < 4.78 is 15.5. The standard InChI is InChI=1S/C16H15ClFN3/c1-2-7-21-15-8-10(18)3-6-14(15)20-16(21)12-5-4-11(19)9-13(12)17/h3-6,8-9H,2,7,19H2,1H3. The first-order valence-electron chi connectivity index (χ1n) is 6.81. The lowest BCUT2D eigenvalue weighted by Gasteiger charge is -2.09. The minimum Gasteiger partial charge on any atom is -0.399 e. The van der Waals surface area contributed by atoms with Crippen molar-refractivity contribution in [3.05, 3.63) is 47.2 Å². The summed E-state index contributed by atoms with van der Waals surface area (Å²) in [6, 6.07) is 9.95. The summed E-state index contributed by atoms with van der Waals surface area (Å²) in [4.78, 5) is 4.60. The van der Waals surface area contributed by atoms with Crippen molar-refractivity contribution in [1.82, 2.24) is 9.55 Å². The van der Waals surface area contributed by atoms with Gasteiger partial charge in [0.1, 0.15) is 11.6 Å². The van der Waals surface area contributed by atoms with E-state index < -0.39 is 0 Å². The van der Waals surface area contributed by atoms with E-state index in [4.69, 9.17) is 17.3 Å². The van der Waals surface area contributed by atoms with Crippen LogP contribution in [0.25, 0.3) is 22.4 Å². The molecule has 0 unspecified atom stereocenters. The molecule has 3 aromatic rings. The quantitative estimate of drug-likeness (QED) is 0.725. The zero-order valence-electron chi connectivity index (χ0n) is 11.6. The van der Waals surface area contributed by atoms with Crippen molar-refractivity contribution in [2.24, 2.45) is 0 Å². The van der Waals surface area contributed by atoms with Crippen LogP contribution < -0.4 is 5.73 Å². The maximum atomic E-state index is 13.5. The molecule has 3 rings (SSSR count). The highest BCUT2D eigenvalue weighted by molar-refractivity contribution is 6.33. The topological polar surface area (TPSA) is 43.8 Å². The number of nitrogen functional groups attached to an aromatic ring is 1. The Balaban J connectivity index is 2.28. The number of hydrogen-bond acceptors (Lipinski definition) is 2. The Morgan fingerprint density at radius 1 is 1.24 bits per heavy atom. The van der Waals surface area contributed by atoms with E-state index in [-0.39, 0.29) is 5.82 Å². The summed E-state index contributed by atoms with van der Waals surface area (Å²) in [5.74, 6) is 0.470. The highest BCUT2D eigenvalue weighted by atomic mass is 35.5. The van der Waals surface area contributed by atoms with Crippen LogP contribution in [0.15, 0.2) is 36.4 Å². The average Bonchev–Trinajstić information content (AvgIpc) is 2.78. The van der Waals surface area contributed by atoms with Gasteiger partial charge < -0.3 is 10.3 Å². The van der Waals surface area contributed by atoms with Crippen LogP contribution in [0.4, 0.5) is 10.1 Å². The Bertz CT molecular complexity index is 811. The first-order valence-corrected chi connectivity index (χ1v) is 7.19. The van der Waals surface area contributed by atoms with Crippen LogP contribution in [0.5, 0.6) is 0 Å². The van der Waals surface area contributed by atoms with E-state index in [0.717, 1.165) is 35.4 Å². The van der Waals surface area contributed by atoms with Gasteiger partial charge >= 0.3 is 0 Å². The summed E-state index contributed by atoms with van der Waals surface area (Å²) in [6.07, 6.45) is 0.918. The SMILES string of the molecule is CCCn1c(-c2ccc(N)cc2Cl)nc2ccc(F)cc21. The average molecular weight is 304 g/mol. The molecule has 0 bridgehead atoms. The zero-order chi connectivity index (χ0) is 15.0. The van der Waals surface area contributed by atoms with E-state index >= 15 is 0 Å². The Hall–Kier alpha value is -2.07. The van der Waals surface area contributed by atoms with Crippen molar-refractivity contribution < 1.29 is 4.39 Å². The molecule has 0 amide bonds. The second-order valence-corrected chi connectivity index (χ2v) is 5.37. The summed E-state index contributed by atoms with van der Waals surface area (Å²) in [6.45, 7) is 2.81. The number of fused-ring (bicyclic) bond motifs is 1. The number of anilines is 1. The van der Waals surface area contributed by atoms with Crippen molar-refractivity contribution in [3.63, 3.8) is 0 Å². The van der Waals surface area contributed by atoms with Gasteiger partial charge in [-0.2, -0.15) is 0 Å². The van der Waals surface area contributed by atoms with Gasteiger partial charge in [0.2, 0.25) is 0 Å². The maximum absolute atomic E-state index is 13.5. The van der Waals surface area contributed by atoms with Crippen molar-refractivity contribution >= 4 is 28.3 Å². The molecule has 21 heavy (non-hydrogen) atoms. The van der Waals surface area contributed by atoms with Gasteiger partial charge in [0.15, 0.2) is 0 Å². The minimum atomic E-state index is -0.269. The smallest absolute Gasteiger partial charge is 0.142 e. The van der Waals surface area contributed by atoms with Gasteiger partial charge in [0, 0.05) is 17.8 Å². The zero-order valence-corrected chi connectivity index (χ0v) is 12.4. The molecule has 5 heteroatoms. The molecular weight excluding hydrogens is 289 g/mol. The number of imidazole rings is 1. The Morgan fingerprint density at radius 2 is 2.05 bits per heavy atom. The first-order chi connectivity index (χ1) is 10.1. The predicted molar refractivity (Wildman–Crippen MR) is 84.8 cm³/mol. The van der Waals surface area contributed by atoms with Crippen molar-refractivity contribution in [2.45, 2.75) is 19.9 Å². The van der Waals surface area contributed by atoms with E-state index in [1.54, 1.807) is 18.2 Å². The van der Waals surface area contributed by atoms with Crippen LogP contribution >= 0.6 is 11.6 Å². The molecule has 108 valence electrons. The number of nitrogens with zero attached hydrogens (tertiary/aromatic N) is 2. The Morgan fingerprint density at radius 3 is 2.76 bits per heavy atom. The van der Waals surface area contributed by atoms with Gasteiger partial charge in [-0.1, -0.05) is 18.5 Å². The van der Waals surface area contributed by atoms with Crippen LogP contribution in [0.2, 0.25) is 5.02 Å². The summed E-state index contributed by atoms with van der Waals surface area (Å²) in [5, 5.41) is 0.545. The van der Waals surface area contributed by atoms with Gasteiger partial charge in [0.05, 0.1) is 16.1 Å². The van der Waals surface area contributed by atoms with Crippen molar-refractivity contribution in [1.29, 1.82) is 0 Å². The summed E-state index contributed by atoms with van der Waals surface area (Å²) >= 11 is 6.29. The molecule has 1 aromatic heterocycles. The van der Waals surface area contributed by atoms with E-state index in [2.05, 4.69) is 11.9 Å². The third-order valence-electron chi connectivity index (χ3n) is 3.39. The van der Waals surface area contributed by atoms with Crippen LogP contribution in [-0.2, 0) is 6.54 Å². The molecule has 0 aliphatic rings. The molecule has 1 heterocycles. The highest BCUT2D eigenvalue weighted by Gasteiger charge is 2.15. The van der Waals surface area contributed by atoms with Crippen LogP contribution in [0.3, 0.4) is 0 Å². The molecule has 0 radical (unpaired) electrons. The number of benzene rings is 2. The predicted octanol–water partition coefficient (Wildman–Crippen LogP) is 4.49. The fraction of sp³-hybridized carbons (Fsp3) is 0.188.